The van der Waals surface area contributed by atoms with Crippen LogP contribution in [0.1, 0.15) is 32.9 Å². The second-order valence-electron chi connectivity index (χ2n) is 8.00. The van der Waals surface area contributed by atoms with Gasteiger partial charge in [-0.25, -0.2) is 4.79 Å². The van der Waals surface area contributed by atoms with Crippen molar-refractivity contribution in [2.75, 3.05) is 6.54 Å². The molecule has 1 saturated heterocycles. The molecule has 0 aliphatic carbocycles. The molecule has 1 aliphatic rings. The Morgan fingerprint density at radius 2 is 1.72 bits per heavy atom. The van der Waals surface area contributed by atoms with Crippen LogP contribution in [0.2, 0.25) is 5.02 Å². The number of ketones is 1. The molecule has 1 aliphatic heterocycles. The second kappa shape index (κ2) is 9.01. The maximum Gasteiger partial charge on any atom is 0.325 e. The van der Waals surface area contributed by atoms with E-state index < -0.39 is 12.1 Å². The van der Waals surface area contributed by atoms with E-state index in [1.807, 2.05) is 73.0 Å². The molecule has 1 aromatic heterocycles. The molecule has 1 N–H and O–H groups in total. The van der Waals surface area contributed by atoms with Gasteiger partial charge in [0.25, 0.3) is 5.91 Å². The third-order valence-corrected chi connectivity index (χ3v) is 6.22. The standard InChI is InChI=1S/C25H24ClN3O3/c1-16-12-20(17(2)28(16)14-19-10-6-7-11-21(19)26)23(30)15-29-24(31)22(27-25(29)32)13-18-8-4-3-5-9-18/h3-12,22H,13-15H2,1-2H3,(H,27,32)/t22-/m0/s1. The summed E-state index contributed by atoms with van der Waals surface area (Å²) in [7, 11) is 0. The highest BCUT2D eigenvalue weighted by molar-refractivity contribution is 6.31. The Bertz CT molecular complexity index is 1190. The van der Waals surface area contributed by atoms with Gasteiger partial charge in [0.2, 0.25) is 0 Å². The summed E-state index contributed by atoms with van der Waals surface area (Å²) < 4.78 is 2.01. The highest BCUT2D eigenvalue weighted by Crippen LogP contribution is 2.22. The number of aromatic nitrogens is 1. The molecule has 2 aromatic carbocycles. The number of imide groups is 1. The van der Waals surface area contributed by atoms with Crippen LogP contribution in [-0.2, 0) is 17.8 Å². The molecule has 4 rings (SSSR count). The van der Waals surface area contributed by atoms with Crippen molar-refractivity contribution < 1.29 is 14.4 Å². The van der Waals surface area contributed by atoms with E-state index in [9.17, 15) is 14.4 Å². The lowest BCUT2D eigenvalue weighted by molar-refractivity contribution is -0.127. The SMILES string of the molecule is Cc1cc(C(=O)CN2C(=O)N[C@@H](Cc3ccccc3)C2=O)c(C)n1Cc1ccccc1Cl. The molecule has 1 atom stereocenters. The second-order valence-corrected chi connectivity index (χ2v) is 8.41. The number of nitrogens with zero attached hydrogens (tertiary/aromatic N) is 2. The number of urea groups is 1. The first-order valence-electron chi connectivity index (χ1n) is 10.4. The minimum absolute atomic E-state index is 0.271. The van der Waals surface area contributed by atoms with E-state index in [-0.39, 0.29) is 18.2 Å². The first kappa shape index (κ1) is 21.8. The summed E-state index contributed by atoms with van der Waals surface area (Å²) in [5, 5.41) is 3.36. The van der Waals surface area contributed by atoms with Gasteiger partial charge >= 0.3 is 6.03 Å². The van der Waals surface area contributed by atoms with Crippen molar-refractivity contribution in [1.82, 2.24) is 14.8 Å². The molecule has 6 nitrogen and oxygen atoms in total. The summed E-state index contributed by atoms with van der Waals surface area (Å²) in [6.07, 6.45) is 0.391. The molecule has 0 radical (unpaired) electrons. The average molecular weight is 450 g/mol. The van der Waals surface area contributed by atoms with Crippen molar-refractivity contribution in [2.45, 2.75) is 32.9 Å². The maximum absolute atomic E-state index is 13.0. The van der Waals surface area contributed by atoms with Crippen molar-refractivity contribution >= 4 is 29.3 Å². The zero-order valence-electron chi connectivity index (χ0n) is 18.0. The fraction of sp³-hybridized carbons (Fsp3) is 0.240. The number of rotatable bonds is 7. The van der Waals surface area contributed by atoms with Crippen LogP contribution in [0.4, 0.5) is 4.79 Å². The quantitative estimate of drug-likeness (QED) is 0.435. The number of carbonyl (C=O) groups excluding carboxylic acids is 3. The van der Waals surface area contributed by atoms with E-state index in [0.29, 0.717) is 23.6 Å². The normalized spacial score (nSPS) is 15.8. The van der Waals surface area contributed by atoms with Gasteiger partial charge in [-0.1, -0.05) is 60.1 Å². The van der Waals surface area contributed by atoms with Crippen molar-refractivity contribution in [3.63, 3.8) is 0 Å². The third-order valence-electron chi connectivity index (χ3n) is 5.85. The van der Waals surface area contributed by atoms with E-state index in [1.165, 1.54) is 0 Å². The third kappa shape index (κ3) is 4.32. The van der Waals surface area contributed by atoms with E-state index >= 15 is 0 Å². The molecular weight excluding hydrogens is 426 g/mol. The number of nitrogens with one attached hydrogen (secondary N) is 1. The van der Waals surface area contributed by atoms with Gasteiger partial charge in [-0.05, 0) is 37.1 Å². The van der Waals surface area contributed by atoms with Crippen LogP contribution in [0.15, 0.2) is 60.7 Å². The van der Waals surface area contributed by atoms with Crippen LogP contribution in [-0.4, -0.2) is 39.8 Å². The average Bonchev–Trinajstić information content (AvgIpc) is 3.20. The Hall–Kier alpha value is -3.38. The largest absolute Gasteiger partial charge is 0.344 e. The van der Waals surface area contributed by atoms with Gasteiger partial charge in [0.05, 0.1) is 6.54 Å². The van der Waals surface area contributed by atoms with Crippen molar-refractivity contribution in [2.24, 2.45) is 0 Å². The first-order valence-corrected chi connectivity index (χ1v) is 10.8. The molecule has 0 unspecified atom stereocenters. The summed E-state index contributed by atoms with van der Waals surface area (Å²) in [4.78, 5) is 39.3. The summed E-state index contributed by atoms with van der Waals surface area (Å²) in [6.45, 7) is 4.03. The van der Waals surface area contributed by atoms with E-state index in [1.54, 1.807) is 6.07 Å². The number of aryl methyl sites for hydroxylation is 1. The minimum Gasteiger partial charge on any atom is -0.344 e. The Kier molecular flexibility index (Phi) is 6.15. The molecule has 0 spiro atoms. The van der Waals surface area contributed by atoms with Crippen LogP contribution in [0, 0.1) is 13.8 Å². The number of hydrogen-bond acceptors (Lipinski definition) is 3. The lowest BCUT2D eigenvalue weighted by Gasteiger charge is -2.13. The number of carbonyl (C=O) groups is 3. The van der Waals surface area contributed by atoms with Gasteiger partial charge in [0, 0.05) is 34.9 Å². The molecular formula is C25H24ClN3O3. The summed E-state index contributed by atoms with van der Waals surface area (Å²) >= 11 is 6.30. The van der Waals surface area contributed by atoms with E-state index in [4.69, 9.17) is 11.6 Å². The molecule has 32 heavy (non-hydrogen) atoms. The van der Waals surface area contributed by atoms with Gasteiger partial charge in [-0.15, -0.1) is 0 Å². The zero-order chi connectivity index (χ0) is 22.8. The van der Waals surface area contributed by atoms with Crippen LogP contribution >= 0.6 is 11.6 Å². The van der Waals surface area contributed by atoms with Gasteiger partial charge in [-0.3, -0.25) is 14.5 Å². The number of Topliss-reactive ketones (excluding diaryl/α,β-unsaturated/α-hetero) is 1. The van der Waals surface area contributed by atoms with Crippen LogP contribution < -0.4 is 5.32 Å². The van der Waals surface area contributed by atoms with Gasteiger partial charge in [0.1, 0.15) is 6.04 Å². The number of halogens is 1. The fourth-order valence-electron chi connectivity index (χ4n) is 4.07. The van der Waals surface area contributed by atoms with E-state index in [0.717, 1.165) is 27.4 Å². The van der Waals surface area contributed by atoms with Crippen molar-refractivity contribution in [1.29, 1.82) is 0 Å². The number of hydrogen-bond donors (Lipinski definition) is 1. The molecule has 2 heterocycles. The lowest BCUT2D eigenvalue weighted by Crippen LogP contribution is -2.36. The topological polar surface area (TPSA) is 71.4 Å². The van der Waals surface area contributed by atoms with Crippen LogP contribution in [0.25, 0.3) is 0 Å². The monoisotopic (exact) mass is 449 g/mol. The molecule has 3 aromatic rings. The smallest absolute Gasteiger partial charge is 0.325 e. The molecule has 3 amide bonds. The van der Waals surface area contributed by atoms with Gasteiger partial charge < -0.3 is 9.88 Å². The molecule has 164 valence electrons. The Labute approximate surface area is 191 Å². The lowest BCUT2D eigenvalue weighted by atomic mass is 10.1. The van der Waals surface area contributed by atoms with Gasteiger partial charge in [0.15, 0.2) is 5.78 Å². The summed E-state index contributed by atoms with van der Waals surface area (Å²) in [5.41, 5.74) is 4.09. The predicted octanol–water partition coefficient (Wildman–Crippen LogP) is 4.15. The molecule has 1 fully saturated rings. The highest BCUT2D eigenvalue weighted by atomic mass is 35.5. The van der Waals surface area contributed by atoms with Gasteiger partial charge in [-0.2, -0.15) is 0 Å². The molecule has 7 heteroatoms. The highest BCUT2D eigenvalue weighted by Gasteiger charge is 2.39. The maximum atomic E-state index is 13.0. The Balaban J connectivity index is 1.49. The Morgan fingerprint density at radius 1 is 1.03 bits per heavy atom. The number of benzene rings is 2. The van der Waals surface area contributed by atoms with Crippen LogP contribution in [0.5, 0.6) is 0 Å². The molecule has 0 bridgehead atoms. The minimum atomic E-state index is -0.662. The summed E-state index contributed by atoms with van der Waals surface area (Å²) in [6, 6.07) is 17.7. The fourth-order valence-corrected chi connectivity index (χ4v) is 4.26. The van der Waals surface area contributed by atoms with Crippen molar-refractivity contribution in [3.8, 4) is 0 Å². The van der Waals surface area contributed by atoms with Crippen molar-refractivity contribution in [3.05, 3.63) is 93.8 Å². The first-order chi connectivity index (χ1) is 15.3. The number of amides is 3. The molecule has 0 saturated carbocycles. The summed E-state index contributed by atoms with van der Waals surface area (Å²) in [5.74, 6) is -0.649. The predicted molar refractivity (Wildman–Crippen MR) is 123 cm³/mol. The Morgan fingerprint density at radius 3 is 2.44 bits per heavy atom. The van der Waals surface area contributed by atoms with Crippen LogP contribution in [0.3, 0.4) is 0 Å². The van der Waals surface area contributed by atoms with E-state index in [2.05, 4.69) is 5.32 Å². The zero-order valence-corrected chi connectivity index (χ0v) is 18.7.